The third kappa shape index (κ3) is 4.04. The van der Waals surface area contributed by atoms with Crippen molar-refractivity contribution in [3.63, 3.8) is 0 Å². The van der Waals surface area contributed by atoms with E-state index in [-0.39, 0.29) is 17.4 Å². The lowest BCUT2D eigenvalue weighted by atomic mass is 10.1. The van der Waals surface area contributed by atoms with Crippen LogP contribution in [-0.4, -0.2) is 36.4 Å². The average molecular weight is 311 g/mol. The van der Waals surface area contributed by atoms with E-state index < -0.39 is 16.0 Å². The molecule has 1 N–H and O–H groups in total. The van der Waals surface area contributed by atoms with Gasteiger partial charge in [0.2, 0.25) is 10.0 Å². The van der Waals surface area contributed by atoms with Gasteiger partial charge >= 0.3 is 5.97 Å². The summed E-state index contributed by atoms with van der Waals surface area (Å²) in [4.78, 5) is 10.8. The van der Waals surface area contributed by atoms with Gasteiger partial charge in [0.1, 0.15) is 0 Å². The van der Waals surface area contributed by atoms with Crippen LogP contribution in [0.2, 0.25) is 0 Å². The SMILES string of the molecule is CC1CCCCCN1S(=O)(=O)Cc1ccc(C(=O)O)cc1. The first kappa shape index (κ1) is 16.0. The standard InChI is InChI=1S/C15H21NO4S/c1-12-5-3-2-4-10-16(12)21(19,20)11-13-6-8-14(9-7-13)15(17)18/h6-9,12H,2-5,10-11H2,1H3,(H,17,18). The Hall–Kier alpha value is -1.40. The number of sulfonamides is 1. The van der Waals surface area contributed by atoms with Crippen molar-refractivity contribution >= 4 is 16.0 Å². The zero-order valence-electron chi connectivity index (χ0n) is 12.2. The summed E-state index contributed by atoms with van der Waals surface area (Å²) < 4.78 is 26.7. The summed E-state index contributed by atoms with van der Waals surface area (Å²) >= 11 is 0. The lowest BCUT2D eigenvalue weighted by Gasteiger charge is -2.26. The molecule has 116 valence electrons. The molecule has 0 saturated carbocycles. The van der Waals surface area contributed by atoms with Gasteiger partial charge in [-0.2, -0.15) is 4.31 Å². The summed E-state index contributed by atoms with van der Waals surface area (Å²) in [6, 6.07) is 6.07. The van der Waals surface area contributed by atoms with Gasteiger partial charge in [-0.1, -0.05) is 25.0 Å². The van der Waals surface area contributed by atoms with E-state index in [1.54, 1.807) is 16.4 Å². The van der Waals surface area contributed by atoms with E-state index in [2.05, 4.69) is 0 Å². The number of aromatic carboxylic acids is 1. The van der Waals surface area contributed by atoms with Gasteiger partial charge in [-0.3, -0.25) is 0 Å². The number of rotatable bonds is 4. The Morgan fingerprint density at radius 3 is 2.52 bits per heavy atom. The molecule has 2 rings (SSSR count). The van der Waals surface area contributed by atoms with Crippen molar-refractivity contribution in [1.29, 1.82) is 0 Å². The summed E-state index contributed by atoms with van der Waals surface area (Å²) in [5.74, 6) is -1.08. The minimum Gasteiger partial charge on any atom is -0.478 e. The van der Waals surface area contributed by atoms with Gasteiger partial charge in [0.05, 0.1) is 11.3 Å². The maximum Gasteiger partial charge on any atom is 0.335 e. The fourth-order valence-corrected chi connectivity index (χ4v) is 4.54. The normalized spacial score (nSPS) is 20.9. The van der Waals surface area contributed by atoms with Crippen LogP contribution < -0.4 is 0 Å². The van der Waals surface area contributed by atoms with Crippen LogP contribution in [-0.2, 0) is 15.8 Å². The van der Waals surface area contributed by atoms with Crippen LogP contribution in [0.1, 0.15) is 48.5 Å². The molecule has 1 aliphatic heterocycles. The topological polar surface area (TPSA) is 74.7 Å². The number of carbonyl (C=O) groups is 1. The molecule has 0 radical (unpaired) electrons. The van der Waals surface area contributed by atoms with Crippen molar-refractivity contribution in [3.05, 3.63) is 35.4 Å². The minimum absolute atomic E-state index is 0.0378. The maximum absolute atomic E-state index is 12.5. The third-order valence-corrected chi connectivity index (χ3v) is 5.85. The number of hydrogen-bond acceptors (Lipinski definition) is 3. The number of carboxylic acid groups (broad SMARTS) is 1. The van der Waals surface area contributed by atoms with Crippen LogP contribution in [0.5, 0.6) is 0 Å². The lowest BCUT2D eigenvalue weighted by Crippen LogP contribution is -2.38. The first-order valence-electron chi connectivity index (χ1n) is 7.22. The Balaban J connectivity index is 2.14. The summed E-state index contributed by atoms with van der Waals surface area (Å²) in [5.41, 5.74) is 0.788. The van der Waals surface area contributed by atoms with E-state index in [0.29, 0.717) is 12.1 Å². The molecule has 1 heterocycles. The molecule has 1 atom stereocenters. The van der Waals surface area contributed by atoms with Gasteiger partial charge < -0.3 is 5.11 Å². The number of benzene rings is 1. The van der Waals surface area contributed by atoms with Crippen molar-refractivity contribution < 1.29 is 18.3 Å². The highest BCUT2D eigenvalue weighted by molar-refractivity contribution is 7.88. The zero-order valence-corrected chi connectivity index (χ0v) is 13.0. The van der Waals surface area contributed by atoms with Crippen molar-refractivity contribution in [2.45, 2.75) is 44.4 Å². The Morgan fingerprint density at radius 2 is 1.90 bits per heavy atom. The summed E-state index contributed by atoms with van der Waals surface area (Å²) in [7, 11) is -3.36. The number of nitrogens with zero attached hydrogens (tertiary/aromatic N) is 1. The number of carboxylic acids is 1. The second kappa shape index (κ2) is 6.58. The lowest BCUT2D eigenvalue weighted by molar-refractivity contribution is 0.0697. The highest BCUT2D eigenvalue weighted by atomic mass is 32.2. The molecule has 1 aliphatic rings. The molecule has 1 aromatic carbocycles. The highest BCUT2D eigenvalue weighted by Gasteiger charge is 2.28. The molecular weight excluding hydrogens is 290 g/mol. The third-order valence-electron chi connectivity index (χ3n) is 3.90. The Morgan fingerprint density at radius 1 is 1.24 bits per heavy atom. The molecule has 21 heavy (non-hydrogen) atoms. The number of hydrogen-bond donors (Lipinski definition) is 1. The Kier molecular flexibility index (Phi) is 5.00. The van der Waals surface area contributed by atoms with E-state index in [1.165, 1.54) is 12.1 Å². The van der Waals surface area contributed by atoms with Gasteiger partial charge in [0.25, 0.3) is 0 Å². The zero-order chi connectivity index (χ0) is 15.5. The second-order valence-corrected chi connectivity index (χ2v) is 7.49. The molecule has 0 bridgehead atoms. The predicted molar refractivity (Wildman–Crippen MR) is 80.7 cm³/mol. The summed E-state index contributed by atoms with van der Waals surface area (Å²) in [6.07, 6.45) is 3.95. The van der Waals surface area contributed by atoms with Crippen LogP contribution >= 0.6 is 0 Å². The highest BCUT2D eigenvalue weighted by Crippen LogP contribution is 2.22. The largest absolute Gasteiger partial charge is 0.478 e. The molecule has 1 unspecified atom stereocenters. The van der Waals surface area contributed by atoms with E-state index in [1.807, 2.05) is 6.92 Å². The van der Waals surface area contributed by atoms with Crippen LogP contribution in [0.25, 0.3) is 0 Å². The molecule has 1 saturated heterocycles. The van der Waals surface area contributed by atoms with E-state index >= 15 is 0 Å². The van der Waals surface area contributed by atoms with Crippen LogP contribution in [0, 0.1) is 0 Å². The fraction of sp³-hybridized carbons (Fsp3) is 0.533. The van der Waals surface area contributed by atoms with Gasteiger partial charge in [-0.15, -0.1) is 0 Å². The van der Waals surface area contributed by atoms with Gasteiger partial charge in [-0.25, -0.2) is 13.2 Å². The van der Waals surface area contributed by atoms with Crippen LogP contribution in [0.3, 0.4) is 0 Å². The van der Waals surface area contributed by atoms with Gasteiger partial charge in [0.15, 0.2) is 0 Å². The van der Waals surface area contributed by atoms with Crippen molar-refractivity contribution in [1.82, 2.24) is 4.31 Å². The molecular formula is C15H21NO4S. The first-order valence-corrected chi connectivity index (χ1v) is 8.83. The van der Waals surface area contributed by atoms with Crippen molar-refractivity contribution in [3.8, 4) is 0 Å². The monoisotopic (exact) mass is 311 g/mol. The maximum atomic E-state index is 12.5. The smallest absolute Gasteiger partial charge is 0.335 e. The minimum atomic E-state index is -3.36. The Bertz CT molecular complexity index is 595. The predicted octanol–water partition coefficient (Wildman–Crippen LogP) is 2.48. The van der Waals surface area contributed by atoms with E-state index in [4.69, 9.17) is 5.11 Å². The molecule has 1 fully saturated rings. The van der Waals surface area contributed by atoms with Crippen LogP contribution in [0.15, 0.2) is 24.3 Å². The molecule has 0 aliphatic carbocycles. The van der Waals surface area contributed by atoms with Gasteiger partial charge in [-0.05, 0) is 37.5 Å². The quantitative estimate of drug-likeness (QED) is 0.927. The average Bonchev–Trinajstić information content (AvgIpc) is 2.64. The van der Waals surface area contributed by atoms with Crippen molar-refractivity contribution in [2.75, 3.05) is 6.54 Å². The molecule has 1 aromatic rings. The van der Waals surface area contributed by atoms with E-state index in [9.17, 15) is 13.2 Å². The Labute approximate surface area is 125 Å². The molecule has 5 nitrogen and oxygen atoms in total. The molecule has 0 aromatic heterocycles. The molecule has 0 spiro atoms. The van der Waals surface area contributed by atoms with Gasteiger partial charge in [0, 0.05) is 12.6 Å². The first-order chi connectivity index (χ1) is 9.90. The fourth-order valence-electron chi connectivity index (χ4n) is 2.70. The molecule has 6 heteroatoms. The summed E-state index contributed by atoms with van der Waals surface area (Å²) in [5, 5.41) is 8.85. The summed E-state index contributed by atoms with van der Waals surface area (Å²) in [6.45, 7) is 2.53. The van der Waals surface area contributed by atoms with Crippen molar-refractivity contribution in [2.24, 2.45) is 0 Å². The second-order valence-electron chi connectivity index (χ2n) is 5.57. The molecule has 0 amide bonds. The van der Waals surface area contributed by atoms with Crippen LogP contribution in [0.4, 0.5) is 0 Å². The van der Waals surface area contributed by atoms with E-state index in [0.717, 1.165) is 25.7 Å².